The van der Waals surface area contributed by atoms with Crippen molar-refractivity contribution in [1.82, 2.24) is 9.80 Å². The molecule has 0 bridgehead atoms. The van der Waals surface area contributed by atoms with Crippen LogP contribution in [0.25, 0.3) is 0 Å². The van der Waals surface area contributed by atoms with Crippen molar-refractivity contribution in [3.8, 4) is 5.75 Å². The third-order valence-corrected chi connectivity index (χ3v) is 7.58. The minimum Gasteiger partial charge on any atom is -0.493 e. The fourth-order valence-electron chi connectivity index (χ4n) is 5.09. The van der Waals surface area contributed by atoms with Crippen molar-refractivity contribution >= 4 is 23.4 Å². The van der Waals surface area contributed by atoms with Crippen LogP contribution in [0.5, 0.6) is 5.75 Å². The van der Waals surface area contributed by atoms with Gasteiger partial charge in [0.15, 0.2) is 0 Å². The van der Waals surface area contributed by atoms with E-state index in [0.717, 1.165) is 55.6 Å². The number of nitrogens with zero attached hydrogens (tertiary/aromatic N) is 2. The summed E-state index contributed by atoms with van der Waals surface area (Å²) in [4.78, 5) is 30.5. The highest BCUT2D eigenvalue weighted by atomic mass is 35.5. The highest BCUT2D eigenvalue weighted by molar-refractivity contribution is 6.31. The molecule has 182 valence electrons. The predicted octanol–water partition coefficient (Wildman–Crippen LogP) is 5.66. The lowest BCUT2D eigenvalue weighted by Gasteiger charge is -2.43. The molecular formula is C28H35ClN2O3. The van der Waals surface area contributed by atoms with Gasteiger partial charge in [0.1, 0.15) is 5.75 Å². The highest BCUT2D eigenvalue weighted by Gasteiger charge is 2.41. The van der Waals surface area contributed by atoms with Crippen molar-refractivity contribution in [3.63, 3.8) is 0 Å². The first-order valence-corrected chi connectivity index (χ1v) is 12.8. The molecule has 2 aliphatic rings. The second kappa shape index (κ2) is 10.8. The molecule has 0 aliphatic carbocycles. The van der Waals surface area contributed by atoms with Gasteiger partial charge >= 0.3 is 0 Å². The first kappa shape index (κ1) is 24.6. The van der Waals surface area contributed by atoms with E-state index in [-0.39, 0.29) is 11.8 Å². The second-order valence-corrected chi connectivity index (χ2v) is 10.4. The van der Waals surface area contributed by atoms with Gasteiger partial charge in [-0.2, -0.15) is 0 Å². The maximum atomic E-state index is 13.3. The molecule has 0 radical (unpaired) electrons. The van der Waals surface area contributed by atoms with Crippen LogP contribution in [0.3, 0.4) is 0 Å². The quantitative estimate of drug-likeness (QED) is 0.533. The smallest absolute Gasteiger partial charge is 0.253 e. The van der Waals surface area contributed by atoms with Crippen LogP contribution in [-0.4, -0.2) is 54.4 Å². The lowest BCUT2D eigenvalue weighted by atomic mass is 9.77. The van der Waals surface area contributed by atoms with E-state index in [1.807, 2.05) is 66.1 Å². The summed E-state index contributed by atoms with van der Waals surface area (Å²) in [5.74, 6) is 0.950. The molecule has 0 N–H and O–H groups in total. The molecule has 2 aliphatic heterocycles. The Morgan fingerprint density at radius 1 is 0.941 bits per heavy atom. The summed E-state index contributed by atoms with van der Waals surface area (Å²) in [6.45, 7) is 7.25. The van der Waals surface area contributed by atoms with Gasteiger partial charge in [0.25, 0.3) is 5.91 Å². The first-order valence-electron chi connectivity index (χ1n) is 12.4. The average molecular weight is 483 g/mol. The van der Waals surface area contributed by atoms with Crippen molar-refractivity contribution in [3.05, 3.63) is 64.2 Å². The van der Waals surface area contributed by atoms with E-state index in [0.29, 0.717) is 36.7 Å². The molecule has 6 heteroatoms. The molecule has 2 aromatic carbocycles. The van der Waals surface area contributed by atoms with E-state index in [9.17, 15) is 9.59 Å². The Balaban J connectivity index is 1.53. The third kappa shape index (κ3) is 5.93. The zero-order valence-electron chi connectivity index (χ0n) is 20.3. The minimum atomic E-state index is -0.416. The third-order valence-electron chi connectivity index (χ3n) is 7.16. The van der Waals surface area contributed by atoms with E-state index >= 15 is 0 Å². The van der Waals surface area contributed by atoms with Gasteiger partial charge in [-0.25, -0.2) is 0 Å². The lowest BCUT2D eigenvalue weighted by molar-refractivity contribution is -0.136. The topological polar surface area (TPSA) is 49.9 Å². The SMILES string of the molecule is Cc1ccc(C(=O)N2CCC[C@@](COc3ccc(Cl)c(C)c3)(CC(=O)N3CCCCC3)C2)cc1. The van der Waals surface area contributed by atoms with Crippen molar-refractivity contribution in [2.75, 3.05) is 32.8 Å². The number of ether oxygens (including phenoxy) is 1. The molecule has 0 unspecified atom stereocenters. The number of benzene rings is 2. The second-order valence-electron chi connectivity index (χ2n) is 10.0. The number of hydrogen-bond acceptors (Lipinski definition) is 3. The van der Waals surface area contributed by atoms with Gasteiger partial charge in [-0.15, -0.1) is 0 Å². The van der Waals surface area contributed by atoms with Crippen LogP contribution >= 0.6 is 11.6 Å². The summed E-state index contributed by atoms with van der Waals surface area (Å²) in [6, 6.07) is 13.4. The molecule has 5 nitrogen and oxygen atoms in total. The fourth-order valence-corrected chi connectivity index (χ4v) is 5.21. The van der Waals surface area contributed by atoms with Gasteiger partial charge in [-0.1, -0.05) is 29.3 Å². The normalized spacial score (nSPS) is 20.8. The molecule has 2 saturated heterocycles. The number of amides is 2. The van der Waals surface area contributed by atoms with Gasteiger partial charge in [-0.3, -0.25) is 9.59 Å². The summed E-state index contributed by atoms with van der Waals surface area (Å²) in [6.07, 6.45) is 5.43. The van der Waals surface area contributed by atoms with Gasteiger partial charge in [0, 0.05) is 48.6 Å². The van der Waals surface area contributed by atoms with Crippen LogP contribution in [0.2, 0.25) is 5.02 Å². The summed E-state index contributed by atoms with van der Waals surface area (Å²) in [5, 5.41) is 0.704. The number of carbonyl (C=O) groups is 2. The molecular weight excluding hydrogens is 448 g/mol. The molecule has 4 rings (SSSR count). The lowest BCUT2D eigenvalue weighted by Crippen LogP contribution is -2.51. The van der Waals surface area contributed by atoms with Gasteiger partial charge < -0.3 is 14.5 Å². The van der Waals surface area contributed by atoms with Gasteiger partial charge in [-0.05, 0) is 81.8 Å². The zero-order valence-corrected chi connectivity index (χ0v) is 21.1. The van der Waals surface area contributed by atoms with E-state index in [2.05, 4.69) is 0 Å². The van der Waals surface area contributed by atoms with Crippen molar-refractivity contribution in [2.24, 2.45) is 5.41 Å². The average Bonchev–Trinajstić information content (AvgIpc) is 2.85. The van der Waals surface area contributed by atoms with E-state index in [1.165, 1.54) is 6.42 Å². The maximum Gasteiger partial charge on any atom is 0.253 e. The monoisotopic (exact) mass is 482 g/mol. The van der Waals surface area contributed by atoms with Gasteiger partial charge in [0.05, 0.1) is 6.61 Å². The number of aryl methyl sites for hydroxylation is 2. The summed E-state index contributed by atoms with van der Waals surface area (Å²) in [5.41, 5.74) is 2.36. The summed E-state index contributed by atoms with van der Waals surface area (Å²) in [7, 11) is 0. The number of rotatable bonds is 6. The first-order chi connectivity index (χ1) is 16.3. The standard InChI is InChI=1S/C28H35ClN2O3/c1-21-7-9-23(10-8-21)27(33)31-16-6-13-28(19-31,18-26(32)30-14-4-3-5-15-30)20-34-24-11-12-25(29)22(2)17-24/h7-12,17H,3-6,13-16,18-20H2,1-2H3/t28-/m1/s1. The molecule has 0 spiro atoms. The Labute approximate surface area is 208 Å². The summed E-state index contributed by atoms with van der Waals surface area (Å²) >= 11 is 6.18. The molecule has 2 heterocycles. The largest absolute Gasteiger partial charge is 0.493 e. The van der Waals surface area contributed by atoms with Crippen molar-refractivity contribution < 1.29 is 14.3 Å². The molecule has 2 aromatic rings. The van der Waals surface area contributed by atoms with E-state index in [1.54, 1.807) is 0 Å². The van der Waals surface area contributed by atoms with Gasteiger partial charge in [0.2, 0.25) is 5.91 Å². The van der Waals surface area contributed by atoms with Crippen LogP contribution in [0.15, 0.2) is 42.5 Å². The molecule has 0 saturated carbocycles. The van der Waals surface area contributed by atoms with E-state index < -0.39 is 5.41 Å². The minimum absolute atomic E-state index is 0.0248. The molecule has 0 aromatic heterocycles. The van der Waals surface area contributed by atoms with Crippen LogP contribution in [0.1, 0.15) is 60.0 Å². The number of carbonyl (C=O) groups excluding carboxylic acids is 2. The van der Waals surface area contributed by atoms with Crippen molar-refractivity contribution in [2.45, 2.75) is 52.4 Å². The number of likely N-dealkylation sites (tertiary alicyclic amines) is 2. The van der Waals surface area contributed by atoms with Crippen LogP contribution < -0.4 is 4.74 Å². The van der Waals surface area contributed by atoms with Crippen molar-refractivity contribution in [1.29, 1.82) is 0 Å². The summed E-state index contributed by atoms with van der Waals surface area (Å²) < 4.78 is 6.26. The molecule has 2 fully saturated rings. The molecule has 34 heavy (non-hydrogen) atoms. The maximum absolute atomic E-state index is 13.3. The van der Waals surface area contributed by atoms with E-state index in [4.69, 9.17) is 16.3 Å². The molecule has 1 atom stereocenters. The Morgan fingerprint density at radius 3 is 2.35 bits per heavy atom. The fraction of sp³-hybridized carbons (Fsp3) is 0.500. The predicted molar refractivity (Wildman–Crippen MR) is 135 cm³/mol. The number of piperidine rings is 2. The number of hydrogen-bond donors (Lipinski definition) is 0. The Hall–Kier alpha value is -2.53. The van der Waals surface area contributed by atoms with Crippen LogP contribution in [0, 0.1) is 19.3 Å². The van der Waals surface area contributed by atoms with Crippen LogP contribution in [-0.2, 0) is 4.79 Å². The Bertz CT molecular complexity index is 1020. The zero-order chi connectivity index (χ0) is 24.1. The molecule has 2 amide bonds. The Kier molecular flexibility index (Phi) is 7.82. The van der Waals surface area contributed by atoms with Crippen LogP contribution in [0.4, 0.5) is 0 Å². The Morgan fingerprint density at radius 2 is 1.65 bits per heavy atom. The highest BCUT2D eigenvalue weighted by Crippen LogP contribution is 2.36. The number of halogens is 1.